The summed E-state index contributed by atoms with van der Waals surface area (Å²) in [6.45, 7) is -0.0924. The first kappa shape index (κ1) is 37.0. The van der Waals surface area contributed by atoms with Crippen molar-refractivity contribution in [3.05, 3.63) is 41.0 Å². The number of carbonyl (C=O) groups excluding carboxylic acids is 3. The number of hydrogen-bond donors (Lipinski definition) is 0. The van der Waals surface area contributed by atoms with Crippen molar-refractivity contribution in [2.75, 3.05) is 70.6 Å². The lowest BCUT2D eigenvalue weighted by Gasteiger charge is -2.39. The topological polar surface area (TPSA) is 180 Å². The molecule has 0 spiro atoms. The van der Waals surface area contributed by atoms with Crippen molar-refractivity contribution >= 4 is 17.9 Å². The molecule has 0 aliphatic carbocycles. The molecule has 2 bridgehead atoms. The maximum absolute atomic E-state index is 14.6. The molecule has 3 aliphatic rings. The summed E-state index contributed by atoms with van der Waals surface area (Å²) in [5.41, 5.74) is -0.240. The van der Waals surface area contributed by atoms with Crippen molar-refractivity contribution < 1.29 is 80.7 Å². The van der Waals surface area contributed by atoms with Crippen molar-refractivity contribution in [3.8, 4) is 62.9 Å². The van der Waals surface area contributed by atoms with Crippen LogP contribution in [0.25, 0.3) is 11.1 Å². The van der Waals surface area contributed by atoms with Gasteiger partial charge in [0.25, 0.3) is 0 Å². The molecule has 3 aromatic rings. The molecular weight excluding hydrogens is 704 g/mol. The highest BCUT2D eigenvalue weighted by Crippen LogP contribution is 2.55. The van der Waals surface area contributed by atoms with Gasteiger partial charge in [-0.2, -0.15) is 0 Å². The third-order valence-corrected chi connectivity index (χ3v) is 9.00. The van der Waals surface area contributed by atoms with Crippen LogP contribution in [0.5, 0.6) is 51.7 Å². The average Bonchev–Trinajstić information content (AvgIpc) is 3.63. The third-order valence-electron chi connectivity index (χ3n) is 9.00. The molecule has 0 unspecified atom stereocenters. The molecule has 17 nitrogen and oxygen atoms in total. The van der Waals surface area contributed by atoms with Crippen molar-refractivity contribution in [2.24, 2.45) is 0 Å². The van der Waals surface area contributed by atoms with Crippen LogP contribution >= 0.6 is 0 Å². The van der Waals surface area contributed by atoms with E-state index in [0.29, 0.717) is 0 Å². The molecule has 2 saturated heterocycles. The zero-order valence-corrected chi connectivity index (χ0v) is 30.3. The van der Waals surface area contributed by atoms with Gasteiger partial charge < -0.3 is 66.3 Å². The van der Waals surface area contributed by atoms with Gasteiger partial charge in [0, 0.05) is 11.1 Å². The van der Waals surface area contributed by atoms with Crippen LogP contribution in [-0.4, -0.2) is 119 Å². The first-order chi connectivity index (χ1) is 25.6. The van der Waals surface area contributed by atoms with Crippen molar-refractivity contribution in [3.63, 3.8) is 0 Å². The second-order valence-corrected chi connectivity index (χ2v) is 11.5. The van der Waals surface area contributed by atoms with Crippen molar-refractivity contribution in [1.29, 1.82) is 0 Å². The van der Waals surface area contributed by atoms with Crippen molar-refractivity contribution in [2.45, 2.75) is 30.7 Å². The number of ether oxygens (including phenoxy) is 14. The fraction of sp³-hybridized carbons (Fsp3) is 0.417. The lowest BCUT2D eigenvalue weighted by atomic mass is 9.91. The summed E-state index contributed by atoms with van der Waals surface area (Å²) < 4.78 is 80.3. The van der Waals surface area contributed by atoms with Crippen LogP contribution in [0.4, 0.5) is 0 Å². The van der Waals surface area contributed by atoms with E-state index in [-0.39, 0.29) is 86.2 Å². The van der Waals surface area contributed by atoms with Gasteiger partial charge in [-0.15, -0.1) is 0 Å². The molecule has 53 heavy (non-hydrogen) atoms. The molecule has 3 aliphatic heterocycles. The molecule has 17 heteroatoms. The van der Waals surface area contributed by atoms with Gasteiger partial charge in [-0.3, -0.25) is 0 Å². The summed E-state index contributed by atoms with van der Waals surface area (Å²) >= 11 is 0. The third kappa shape index (κ3) is 6.14. The zero-order chi connectivity index (χ0) is 38.1. The quantitative estimate of drug-likeness (QED) is 0.206. The van der Waals surface area contributed by atoms with E-state index in [0.717, 1.165) is 0 Å². The summed E-state index contributed by atoms with van der Waals surface area (Å²) in [5, 5.41) is 0. The number of methoxy groups -OCH3 is 9. The summed E-state index contributed by atoms with van der Waals surface area (Å²) in [6.07, 6.45) is -6.40. The Morgan fingerprint density at radius 2 is 1.00 bits per heavy atom. The van der Waals surface area contributed by atoms with Gasteiger partial charge in [0.15, 0.2) is 59.1 Å². The summed E-state index contributed by atoms with van der Waals surface area (Å²) in [5.74, 6) is -1.79. The number of esters is 3. The molecule has 0 N–H and O–H groups in total. The predicted molar refractivity (Wildman–Crippen MR) is 180 cm³/mol. The minimum Gasteiger partial charge on any atom is -0.493 e. The number of benzene rings is 3. The number of hydrogen-bond acceptors (Lipinski definition) is 17. The van der Waals surface area contributed by atoms with Gasteiger partial charge in [0.2, 0.25) is 17.2 Å². The highest BCUT2D eigenvalue weighted by Gasteiger charge is 2.57. The van der Waals surface area contributed by atoms with Crippen LogP contribution < -0.4 is 42.6 Å². The summed E-state index contributed by atoms with van der Waals surface area (Å²) in [6, 6.07) is 5.52. The van der Waals surface area contributed by atoms with Crippen LogP contribution in [0.3, 0.4) is 0 Å². The Labute approximate surface area is 303 Å². The van der Waals surface area contributed by atoms with Gasteiger partial charge in [0.05, 0.1) is 87.3 Å². The number of rotatable bonds is 11. The average molecular weight is 743 g/mol. The molecule has 3 heterocycles. The molecule has 6 rings (SSSR count). The highest BCUT2D eigenvalue weighted by atomic mass is 16.8. The lowest BCUT2D eigenvalue weighted by molar-refractivity contribution is -0.228. The van der Waals surface area contributed by atoms with E-state index in [1.54, 1.807) is 0 Å². The minimum absolute atomic E-state index is 0.00857. The van der Waals surface area contributed by atoms with E-state index in [9.17, 15) is 14.4 Å². The predicted octanol–water partition coefficient (Wildman–Crippen LogP) is 3.48. The molecule has 0 aromatic heterocycles. The van der Waals surface area contributed by atoms with Crippen LogP contribution in [-0.2, 0) is 23.7 Å². The minimum atomic E-state index is -1.46. The smallest absolute Gasteiger partial charge is 0.339 e. The molecule has 2 fully saturated rings. The van der Waals surface area contributed by atoms with E-state index < -0.39 is 48.6 Å². The Morgan fingerprint density at radius 3 is 1.43 bits per heavy atom. The molecule has 284 valence electrons. The molecule has 5 atom stereocenters. The summed E-state index contributed by atoms with van der Waals surface area (Å²) in [7, 11) is 12.4. The largest absolute Gasteiger partial charge is 0.493 e. The molecular formula is C36H38O17. The van der Waals surface area contributed by atoms with Gasteiger partial charge >= 0.3 is 17.9 Å². The molecule has 0 radical (unpaired) electrons. The lowest BCUT2D eigenvalue weighted by Crippen LogP contribution is -2.58. The van der Waals surface area contributed by atoms with Gasteiger partial charge in [-0.1, -0.05) is 0 Å². The van der Waals surface area contributed by atoms with Gasteiger partial charge in [0.1, 0.15) is 6.10 Å². The fourth-order valence-corrected chi connectivity index (χ4v) is 6.63. The Hall–Kier alpha value is -5.81. The molecule has 0 saturated carbocycles. The van der Waals surface area contributed by atoms with E-state index in [4.69, 9.17) is 66.3 Å². The van der Waals surface area contributed by atoms with Crippen LogP contribution in [0.2, 0.25) is 0 Å². The van der Waals surface area contributed by atoms with Crippen LogP contribution in [0.1, 0.15) is 31.1 Å². The van der Waals surface area contributed by atoms with Gasteiger partial charge in [-0.25, -0.2) is 14.4 Å². The fourth-order valence-electron chi connectivity index (χ4n) is 6.63. The normalized spacial score (nSPS) is 21.3. The van der Waals surface area contributed by atoms with E-state index in [1.807, 2.05) is 0 Å². The Kier molecular flexibility index (Phi) is 10.5. The standard InChI is InChI=1S/C36H38O17/c1-40-18-10-15(11-19(41-2)25(18)44-5)33(37)51-28-22-14-49-36(50-22)32-31(28)52-34(38)16-12-20(42-3)26(45-6)29(47-8)23(16)24-17(35(39)53-32)13-21(43-4)27(46-7)30(24)48-9/h10-13,22,28,31-32,36H,14H2,1-9H3/t22-,28-,31+,32-,36-/m1/s1. The van der Waals surface area contributed by atoms with Crippen LogP contribution in [0.15, 0.2) is 24.3 Å². The summed E-state index contributed by atoms with van der Waals surface area (Å²) in [4.78, 5) is 42.8. The van der Waals surface area contributed by atoms with E-state index in [1.165, 1.54) is 88.3 Å². The Balaban J connectivity index is 1.55. The highest BCUT2D eigenvalue weighted by molar-refractivity contribution is 6.09. The Morgan fingerprint density at radius 1 is 0.566 bits per heavy atom. The number of carbonyl (C=O) groups is 3. The van der Waals surface area contributed by atoms with Crippen molar-refractivity contribution in [1.82, 2.24) is 0 Å². The first-order valence-corrected chi connectivity index (χ1v) is 16.0. The second kappa shape index (κ2) is 15.0. The monoisotopic (exact) mass is 742 g/mol. The second-order valence-electron chi connectivity index (χ2n) is 11.5. The molecule has 3 aromatic carbocycles. The number of fused-ring (bicyclic) bond motifs is 7. The first-order valence-electron chi connectivity index (χ1n) is 16.0. The Bertz CT molecular complexity index is 1890. The maximum Gasteiger partial charge on any atom is 0.339 e. The van der Waals surface area contributed by atoms with Crippen LogP contribution in [0, 0.1) is 0 Å². The van der Waals surface area contributed by atoms with E-state index >= 15 is 0 Å². The van der Waals surface area contributed by atoms with Gasteiger partial charge in [-0.05, 0) is 24.3 Å². The zero-order valence-electron chi connectivity index (χ0n) is 30.3. The SMILES string of the molecule is COc1cc(C(=O)O[C@H]2[C@@H]3OC(=O)c4cc(OC)c(OC)c(OC)c4-c4c(cc(OC)c(OC)c4OC)C(=O)O[C@H]3[C@@H]3OC[C@H]2O3)cc(OC)c1OC. The van der Waals surface area contributed by atoms with E-state index in [2.05, 4.69) is 0 Å². The molecule has 0 amide bonds. The maximum atomic E-state index is 14.6.